The fourth-order valence-corrected chi connectivity index (χ4v) is 5.47. The van der Waals surface area contributed by atoms with E-state index in [0.717, 1.165) is 10.2 Å². The molecule has 172 valence electrons. The number of nitrogens with one attached hydrogen (secondary N) is 2. The number of hydrogen-bond donors (Lipinski definition) is 4. The van der Waals surface area contributed by atoms with Crippen LogP contribution in [-0.4, -0.2) is 57.1 Å². The van der Waals surface area contributed by atoms with E-state index in [9.17, 15) is 14.7 Å². The zero-order valence-corrected chi connectivity index (χ0v) is 19.0. The highest BCUT2D eigenvalue weighted by atomic mass is 32.1. The van der Waals surface area contributed by atoms with Gasteiger partial charge in [0.1, 0.15) is 4.83 Å². The monoisotopic (exact) mass is 474 g/mol. The molecule has 0 bridgehead atoms. The first-order chi connectivity index (χ1) is 16.5. The number of aliphatic hydroxyl groups is 1. The van der Waals surface area contributed by atoms with Crippen molar-refractivity contribution in [2.45, 2.75) is 18.4 Å². The van der Waals surface area contributed by atoms with Crippen LogP contribution in [0.25, 0.3) is 32.3 Å². The van der Waals surface area contributed by atoms with Gasteiger partial charge in [0.25, 0.3) is 11.8 Å². The molecule has 1 aromatic carbocycles. The van der Waals surface area contributed by atoms with Gasteiger partial charge in [-0.25, -0.2) is 9.97 Å². The molecule has 1 fully saturated rings. The van der Waals surface area contributed by atoms with Crippen LogP contribution < -0.4 is 16.0 Å². The van der Waals surface area contributed by atoms with E-state index in [1.165, 1.54) is 11.3 Å². The number of rotatable bonds is 4. The average molecular weight is 475 g/mol. The van der Waals surface area contributed by atoms with E-state index < -0.39 is 17.4 Å². The maximum absolute atomic E-state index is 13.1. The van der Waals surface area contributed by atoms with E-state index in [1.54, 1.807) is 6.20 Å². The van der Waals surface area contributed by atoms with Crippen LogP contribution in [0.1, 0.15) is 24.1 Å². The summed E-state index contributed by atoms with van der Waals surface area (Å²) in [7, 11) is 0. The molecule has 2 aliphatic rings. The lowest BCUT2D eigenvalue weighted by molar-refractivity contribution is -0.122. The second kappa shape index (κ2) is 7.73. The lowest BCUT2D eigenvalue weighted by Gasteiger charge is -2.38. The number of thiophene rings is 1. The molecule has 0 saturated carbocycles. The molecular weight excluding hydrogens is 452 g/mol. The number of benzene rings is 1. The van der Waals surface area contributed by atoms with Crippen LogP contribution in [0, 0.1) is 0 Å². The predicted octanol–water partition coefficient (Wildman–Crippen LogP) is 2.03. The molecule has 9 nitrogen and oxygen atoms in total. The number of aromatic amines is 1. The Morgan fingerprint density at radius 1 is 1.06 bits per heavy atom. The van der Waals surface area contributed by atoms with Crippen molar-refractivity contribution < 1.29 is 14.7 Å². The summed E-state index contributed by atoms with van der Waals surface area (Å²) in [5, 5.41) is 15.6. The number of imide groups is 1. The third-order valence-corrected chi connectivity index (χ3v) is 7.53. The third kappa shape index (κ3) is 3.22. The predicted molar refractivity (Wildman–Crippen MR) is 131 cm³/mol. The van der Waals surface area contributed by atoms with Gasteiger partial charge in [-0.3, -0.25) is 14.9 Å². The van der Waals surface area contributed by atoms with E-state index >= 15 is 0 Å². The maximum atomic E-state index is 13.1. The summed E-state index contributed by atoms with van der Waals surface area (Å²) in [5.41, 5.74) is 7.98. The van der Waals surface area contributed by atoms with E-state index in [1.807, 2.05) is 40.6 Å². The van der Waals surface area contributed by atoms with E-state index in [-0.39, 0.29) is 12.2 Å². The molecule has 4 aromatic rings. The van der Waals surface area contributed by atoms with Gasteiger partial charge in [-0.2, -0.15) is 0 Å². The number of carbonyl (C=O) groups excluding carboxylic acids is 2. The molecule has 5 heterocycles. The smallest absolute Gasteiger partial charge is 0.261 e. The lowest BCUT2D eigenvalue weighted by Crippen LogP contribution is -2.53. The highest BCUT2D eigenvalue weighted by Crippen LogP contribution is 2.38. The normalized spacial score (nSPS) is 18.4. The van der Waals surface area contributed by atoms with Crippen LogP contribution in [0.3, 0.4) is 0 Å². The Morgan fingerprint density at radius 2 is 1.82 bits per heavy atom. The molecule has 6 rings (SSSR count). The molecule has 3 aromatic heterocycles. The summed E-state index contributed by atoms with van der Waals surface area (Å²) in [4.78, 5) is 41.8. The Hall–Kier alpha value is -3.60. The molecule has 0 aliphatic carbocycles. The zero-order valence-electron chi connectivity index (χ0n) is 18.2. The van der Waals surface area contributed by atoms with Gasteiger partial charge < -0.3 is 20.7 Å². The summed E-state index contributed by atoms with van der Waals surface area (Å²) in [6.07, 6.45) is 2.96. The van der Waals surface area contributed by atoms with Crippen LogP contribution >= 0.6 is 11.3 Å². The summed E-state index contributed by atoms with van der Waals surface area (Å²) in [6, 6.07) is 9.41. The number of hydrogen-bond acceptors (Lipinski definition) is 8. The minimum Gasteiger partial charge on any atom is -0.394 e. The van der Waals surface area contributed by atoms with Gasteiger partial charge >= 0.3 is 0 Å². The molecule has 5 N–H and O–H groups in total. The number of amides is 2. The number of carbonyl (C=O) groups is 2. The zero-order chi connectivity index (χ0) is 23.4. The average Bonchev–Trinajstić information content (AvgIpc) is 3.53. The van der Waals surface area contributed by atoms with E-state index in [4.69, 9.17) is 15.7 Å². The first-order valence-corrected chi connectivity index (χ1v) is 11.9. The van der Waals surface area contributed by atoms with Crippen molar-refractivity contribution in [3.05, 3.63) is 53.2 Å². The van der Waals surface area contributed by atoms with Crippen molar-refractivity contribution in [1.29, 1.82) is 0 Å². The Balaban J connectivity index is 1.55. The molecule has 2 aliphatic heterocycles. The van der Waals surface area contributed by atoms with Gasteiger partial charge in [0, 0.05) is 41.2 Å². The van der Waals surface area contributed by atoms with Gasteiger partial charge in [-0.15, -0.1) is 11.3 Å². The molecule has 0 atom stereocenters. The molecule has 34 heavy (non-hydrogen) atoms. The van der Waals surface area contributed by atoms with Gasteiger partial charge in [0.15, 0.2) is 0 Å². The topological polar surface area (TPSA) is 137 Å². The van der Waals surface area contributed by atoms with E-state index in [2.05, 4.69) is 10.3 Å². The van der Waals surface area contributed by atoms with Crippen molar-refractivity contribution in [2.75, 3.05) is 24.6 Å². The Kier molecular flexibility index (Phi) is 4.76. The lowest BCUT2D eigenvalue weighted by atomic mass is 9.90. The number of nitrogens with two attached hydrogens (primary N) is 1. The second-order valence-electron chi connectivity index (χ2n) is 8.80. The fourth-order valence-electron chi connectivity index (χ4n) is 4.70. The first kappa shape index (κ1) is 21.0. The Bertz CT molecular complexity index is 1490. The van der Waals surface area contributed by atoms with E-state index in [0.29, 0.717) is 59.6 Å². The third-order valence-electron chi connectivity index (χ3n) is 6.69. The first-order valence-electron chi connectivity index (χ1n) is 11.0. The van der Waals surface area contributed by atoms with Gasteiger partial charge in [-0.1, -0.05) is 18.2 Å². The van der Waals surface area contributed by atoms with Crippen molar-refractivity contribution in [3.8, 4) is 0 Å². The number of aromatic nitrogens is 3. The minimum absolute atomic E-state index is 0.0725. The molecule has 1 saturated heterocycles. The number of H-pyrrole nitrogens is 1. The van der Waals surface area contributed by atoms with Crippen molar-refractivity contribution >= 4 is 61.4 Å². The summed E-state index contributed by atoms with van der Waals surface area (Å²) in [6.45, 7) is 1.09. The minimum atomic E-state index is -0.607. The number of para-hydroxylation sites is 1. The summed E-state index contributed by atoms with van der Waals surface area (Å²) < 4.78 is 0. The Labute approximate surface area is 198 Å². The summed E-state index contributed by atoms with van der Waals surface area (Å²) >= 11 is 1.54. The fraction of sp³-hybridized carbons (Fsp3) is 0.250. The molecule has 2 amide bonds. The van der Waals surface area contributed by atoms with Gasteiger partial charge in [0.05, 0.1) is 29.0 Å². The Morgan fingerprint density at radius 3 is 2.62 bits per heavy atom. The van der Waals surface area contributed by atoms with Crippen LogP contribution in [0.15, 0.2) is 41.9 Å². The second-order valence-corrected chi connectivity index (χ2v) is 9.71. The molecule has 0 spiro atoms. The molecular formula is C24H22N6O3S. The summed E-state index contributed by atoms with van der Waals surface area (Å²) in [5.74, 6) is -0.438. The number of anilines is 1. The standard InChI is InChI=1S/C24H22N6O3S/c25-24(12-31)6-8-30(9-7-24)23-27-16-4-2-1-3-14(16)19(28-23)18-17(20(32)29-21(18)33)15-11-26-22-13(15)5-10-34-22/h1-5,10-11,26,31H,6-9,12,25H2,(H,29,32,33). The van der Waals surface area contributed by atoms with Crippen molar-refractivity contribution in [3.63, 3.8) is 0 Å². The molecule has 10 heteroatoms. The largest absolute Gasteiger partial charge is 0.394 e. The number of aliphatic hydroxyl groups excluding tert-OH is 1. The van der Waals surface area contributed by atoms with Crippen molar-refractivity contribution in [1.82, 2.24) is 20.3 Å². The van der Waals surface area contributed by atoms with Crippen LogP contribution in [0.2, 0.25) is 0 Å². The van der Waals surface area contributed by atoms with Crippen molar-refractivity contribution in [2.24, 2.45) is 5.73 Å². The number of piperidine rings is 1. The van der Waals surface area contributed by atoms with Gasteiger partial charge in [0.2, 0.25) is 5.95 Å². The number of fused-ring (bicyclic) bond motifs is 2. The highest BCUT2D eigenvalue weighted by molar-refractivity contribution is 7.16. The highest BCUT2D eigenvalue weighted by Gasteiger charge is 2.36. The molecule has 0 unspecified atom stereocenters. The van der Waals surface area contributed by atoms with Crippen LogP contribution in [-0.2, 0) is 9.59 Å². The molecule has 0 radical (unpaired) electrons. The van der Waals surface area contributed by atoms with Crippen LogP contribution in [0.4, 0.5) is 5.95 Å². The quantitative estimate of drug-likeness (QED) is 0.332. The van der Waals surface area contributed by atoms with Crippen LogP contribution in [0.5, 0.6) is 0 Å². The van der Waals surface area contributed by atoms with Gasteiger partial charge in [-0.05, 0) is 30.4 Å². The number of nitrogens with zero attached hydrogens (tertiary/aromatic N) is 3. The maximum Gasteiger partial charge on any atom is 0.261 e. The SMILES string of the molecule is NC1(CO)CCN(c2nc(C3=C(c4c[nH]c5sccc45)C(=O)NC3=O)c3ccccc3n2)CC1.